The Labute approximate surface area is 122 Å². The second kappa shape index (κ2) is 4.94. The van der Waals surface area contributed by atoms with Crippen molar-refractivity contribution in [1.29, 1.82) is 0 Å². The van der Waals surface area contributed by atoms with Crippen molar-refractivity contribution in [3.05, 3.63) is 39.0 Å². The Morgan fingerprint density at radius 3 is 2.53 bits per heavy atom. The molecule has 6 heteroatoms. The number of halogens is 2. The van der Waals surface area contributed by atoms with Crippen LogP contribution in [-0.2, 0) is 0 Å². The Morgan fingerprint density at radius 2 is 2.05 bits per heavy atom. The molecule has 4 nitrogen and oxygen atoms in total. The normalized spacial score (nSPS) is 23.2. The average molecular weight is 303 g/mol. The van der Waals surface area contributed by atoms with E-state index in [-0.39, 0.29) is 0 Å². The maximum absolute atomic E-state index is 12.4. The summed E-state index contributed by atoms with van der Waals surface area (Å²) >= 11 is 12.0. The average Bonchev–Trinajstić information content (AvgIpc) is 2.48. The van der Waals surface area contributed by atoms with E-state index in [4.69, 9.17) is 23.2 Å². The van der Waals surface area contributed by atoms with Gasteiger partial charge in [-0.05, 0) is 32.0 Å². The van der Waals surface area contributed by atoms with Crippen LogP contribution < -0.4 is 0 Å². The summed E-state index contributed by atoms with van der Waals surface area (Å²) in [6, 6.07) is 4.89. The summed E-state index contributed by atoms with van der Waals surface area (Å²) in [6.45, 7) is 5.50. The first kappa shape index (κ1) is 14.6. The summed E-state index contributed by atoms with van der Waals surface area (Å²) in [5.41, 5.74) is 0.440. The molecule has 1 heterocycles. The monoisotopic (exact) mass is 302 g/mol. The maximum atomic E-state index is 12.4. The van der Waals surface area contributed by atoms with Crippen LogP contribution in [0.2, 0.25) is 10.0 Å². The molecule has 0 amide bonds. The van der Waals surface area contributed by atoms with Crippen molar-refractivity contribution in [2.75, 3.05) is 0 Å². The van der Waals surface area contributed by atoms with Crippen molar-refractivity contribution in [2.45, 2.75) is 38.9 Å². The van der Waals surface area contributed by atoms with Crippen LogP contribution in [0, 0.1) is 5.21 Å². The zero-order valence-corrected chi connectivity index (χ0v) is 12.5. The minimum absolute atomic E-state index is 0.366. The van der Waals surface area contributed by atoms with Gasteiger partial charge in [0.05, 0.1) is 10.6 Å². The Morgan fingerprint density at radius 1 is 1.42 bits per heavy atom. The van der Waals surface area contributed by atoms with E-state index in [2.05, 4.69) is 0 Å². The Kier molecular flexibility index (Phi) is 3.80. The van der Waals surface area contributed by atoms with Gasteiger partial charge in [-0.15, -0.1) is 5.06 Å². The molecule has 1 N–H and O–H groups in total. The largest absolute Gasteiger partial charge is 0.622 e. The van der Waals surface area contributed by atoms with Crippen molar-refractivity contribution < 1.29 is 9.95 Å². The van der Waals surface area contributed by atoms with Crippen LogP contribution in [0.4, 0.5) is 0 Å². The molecule has 0 unspecified atom stereocenters. The Balaban J connectivity index is 2.54. The third-order valence-corrected chi connectivity index (χ3v) is 4.14. The van der Waals surface area contributed by atoms with Gasteiger partial charge >= 0.3 is 0 Å². The molecule has 0 saturated heterocycles. The number of rotatable bonds is 2. The number of hydrogen-bond donors (Lipinski definition) is 1. The topological polar surface area (TPSA) is 49.5 Å². The zero-order chi connectivity index (χ0) is 14.4. The SMILES string of the molecule is CCC1=[N+]([O-])[C@@H](c2ccc(Cl)cc2Cl)N(O)C1(C)C. The van der Waals surface area contributed by atoms with Crippen LogP contribution in [0.1, 0.15) is 38.9 Å². The lowest BCUT2D eigenvalue weighted by molar-refractivity contribution is -0.545. The standard InChI is InChI=1S/C13H16Cl2N2O2/c1-4-11-13(2,3)17(19)12(16(11)18)9-6-5-8(14)7-10(9)15/h5-7,12,19H,4H2,1-3H3/t12-/m1/s1. The van der Waals surface area contributed by atoms with E-state index in [0.717, 1.165) is 9.80 Å². The van der Waals surface area contributed by atoms with Gasteiger partial charge in [0, 0.05) is 11.4 Å². The molecule has 0 radical (unpaired) electrons. The number of benzene rings is 1. The van der Waals surface area contributed by atoms with Crippen LogP contribution >= 0.6 is 23.2 Å². The van der Waals surface area contributed by atoms with Crippen molar-refractivity contribution in [2.24, 2.45) is 0 Å². The molecule has 0 fully saturated rings. The van der Waals surface area contributed by atoms with Gasteiger partial charge in [0.25, 0.3) is 6.17 Å². The third kappa shape index (κ3) is 2.23. The first-order chi connectivity index (χ1) is 8.80. The first-order valence-corrected chi connectivity index (χ1v) is 6.82. The van der Waals surface area contributed by atoms with E-state index >= 15 is 0 Å². The van der Waals surface area contributed by atoms with E-state index in [1.54, 1.807) is 32.0 Å². The quantitative estimate of drug-likeness (QED) is 0.667. The van der Waals surface area contributed by atoms with Crippen LogP contribution in [0.25, 0.3) is 0 Å². The Bertz CT molecular complexity index is 543. The lowest BCUT2D eigenvalue weighted by atomic mass is 9.97. The van der Waals surface area contributed by atoms with Crippen LogP contribution in [-0.4, -0.2) is 26.3 Å². The third-order valence-electron chi connectivity index (χ3n) is 3.57. The summed E-state index contributed by atoms with van der Waals surface area (Å²) in [5.74, 6) is 0. The molecule has 0 aromatic heterocycles. The van der Waals surface area contributed by atoms with E-state index in [1.165, 1.54) is 0 Å². The highest BCUT2D eigenvalue weighted by molar-refractivity contribution is 6.35. The van der Waals surface area contributed by atoms with E-state index in [9.17, 15) is 10.4 Å². The molecular formula is C13H16Cl2N2O2. The van der Waals surface area contributed by atoms with Crippen molar-refractivity contribution >= 4 is 28.9 Å². The van der Waals surface area contributed by atoms with Gasteiger partial charge in [0.2, 0.25) is 0 Å². The van der Waals surface area contributed by atoms with Gasteiger partial charge in [-0.1, -0.05) is 30.1 Å². The molecule has 2 rings (SSSR count). The molecule has 1 aliphatic rings. The van der Waals surface area contributed by atoms with E-state index in [1.807, 2.05) is 6.92 Å². The minimum Gasteiger partial charge on any atom is -0.622 e. The fraction of sp³-hybridized carbons (Fsp3) is 0.462. The van der Waals surface area contributed by atoms with Gasteiger partial charge in [-0.3, -0.25) is 0 Å². The summed E-state index contributed by atoms with van der Waals surface area (Å²) in [6.07, 6.45) is -0.273. The highest BCUT2D eigenvalue weighted by Gasteiger charge is 2.51. The summed E-state index contributed by atoms with van der Waals surface area (Å²) < 4.78 is 0.828. The van der Waals surface area contributed by atoms with Crippen LogP contribution in [0.3, 0.4) is 0 Å². The van der Waals surface area contributed by atoms with E-state index < -0.39 is 11.7 Å². The Hall–Kier alpha value is -0.810. The lowest BCUT2D eigenvalue weighted by Crippen LogP contribution is -2.43. The van der Waals surface area contributed by atoms with Gasteiger partial charge in [-0.2, -0.15) is 4.74 Å². The molecule has 104 valence electrons. The fourth-order valence-corrected chi connectivity index (χ4v) is 3.02. The molecule has 0 spiro atoms. The second-order valence-electron chi connectivity index (χ2n) is 5.07. The van der Waals surface area contributed by atoms with Crippen LogP contribution in [0.5, 0.6) is 0 Å². The lowest BCUT2D eigenvalue weighted by Gasteiger charge is -2.25. The molecule has 19 heavy (non-hydrogen) atoms. The van der Waals surface area contributed by atoms with Crippen LogP contribution in [0.15, 0.2) is 18.2 Å². The highest BCUT2D eigenvalue weighted by Crippen LogP contribution is 2.38. The van der Waals surface area contributed by atoms with Gasteiger partial charge < -0.3 is 10.4 Å². The first-order valence-electron chi connectivity index (χ1n) is 6.06. The smallest absolute Gasteiger partial charge is 0.269 e. The van der Waals surface area contributed by atoms with Crippen molar-refractivity contribution in [3.63, 3.8) is 0 Å². The predicted octanol–water partition coefficient (Wildman–Crippen LogP) is 3.84. The molecule has 1 aliphatic heterocycles. The number of nitrogens with zero attached hydrogens (tertiary/aromatic N) is 2. The summed E-state index contributed by atoms with van der Waals surface area (Å²) in [7, 11) is 0. The van der Waals surface area contributed by atoms with Gasteiger partial charge in [0.1, 0.15) is 5.54 Å². The maximum Gasteiger partial charge on any atom is 0.269 e. The fourth-order valence-electron chi connectivity index (χ4n) is 2.51. The summed E-state index contributed by atoms with van der Waals surface area (Å²) in [4.78, 5) is 0. The molecule has 1 aromatic rings. The number of hydroxylamine groups is 3. The van der Waals surface area contributed by atoms with E-state index in [0.29, 0.717) is 27.7 Å². The minimum atomic E-state index is -0.838. The van der Waals surface area contributed by atoms with Gasteiger partial charge in [0.15, 0.2) is 5.71 Å². The number of hydrogen-bond acceptors (Lipinski definition) is 3. The molecule has 0 aliphatic carbocycles. The molecule has 1 aromatic carbocycles. The van der Waals surface area contributed by atoms with Crippen molar-refractivity contribution in [1.82, 2.24) is 5.06 Å². The zero-order valence-electron chi connectivity index (χ0n) is 11.0. The molecule has 1 atom stereocenters. The molecule has 0 bridgehead atoms. The second-order valence-corrected chi connectivity index (χ2v) is 5.91. The van der Waals surface area contributed by atoms with Gasteiger partial charge in [-0.25, -0.2) is 0 Å². The predicted molar refractivity (Wildman–Crippen MR) is 75.8 cm³/mol. The molecular weight excluding hydrogens is 287 g/mol. The summed E-state index contributed by atoms with van der Waals surface area (Å²) in [5, 5.41) is 24.6. The van der Waals surface area contributed by atoms with Crippen molar-refractivity contribution in [3.8, 4) is 0 Å². The highest BCUT2D eigenvalue weighted by atomic mass is 35.5. The molecule has 0 saturated carbocycles.